The predicted octanol–water partition coefficient (Wildman–Crippen LogP) is 4.26. The van der Waals surface area contributed by atoms with Gasteiger partial charge in [0.1, 0.15) is 0 Å². The van der Waals surface area contributed by atoms with E-state index in [1.807, 2.05) is 11.4 Å². The Morgan fingerprint density at radius 2 is 2.33 bits per heavy atom. The zero-order valence-electron chi connectivity index (χ0n) is 9.44. The summed E-state index contributed by atoms with van der Waals surface area (Å²) in [4.78, 5) is 16.2. The van der Waals surface area contributed by atoms with Crippen molar-refractivity contribution in [3.8, 4) is 0 Å². The van der Waals surface area contributed by atoms with Crippen molar-refractivity contribution >= 4 is 60.4 Å². The summed E-state index contributed by atoms with van der Waals surface area (Å²) in [5.41, 5.74) is 0.665. The smallest absolute Gasteiger partial charge is 0.253 e. The monoisotopic (exact) mass is 408 g/mol. The van der Waals surface area contributed by atoms with Crippen molar-refractivity contribution in [2.45, 2.75) is 12.8 Å². The van der Waals surface area contributed by atoms with Crippen LogP contribution in [0.5, 0.6) is 0 Å². The van der Waals surface area contributed by atoms with E-state index in [0.717, 1.165) is 12.6 Å². The van der Waals surface area contributed by atoms with Gasteiger partial charge in [0.15, 0.2) is 0 Å². The van der Waals surface area contributed by atoms with Crippen molar-refractivity contribution < 1.29 is 4.79 Å². The summed E-state index contributed by atoms with van der Waals surface area (Å²) in [7, 11) is 0. The number of nitrogens with zero attached hydrogens (tertiary/aromatic N) is 1. The van der Waals surface area contributed by atoms with Gasteiger partial charge >= 0.3 is 0 Å². The van der Waals surface area contributed by atoms with Crippen molar-refractivity contribution in [3.05, 3.63) is 35.8 Å². The second kappa shape index (κ2) is 6.27. The van der Waals surface area contributed by atoms with Gasteiger partial charge in [-0.25, -0.2) is 4.98 Å². The number of hydrogen-bond donors (Lipinski definition) is 1. The molecule has 0 aliphatic carbocycles. The molecule has 0 fully saturated rings. The number of hydrogen-bond acceptors (Lipinski definition) is 4. The van der Waals surface area contributed by atoms with E-state index in [2.05, 4.69) is 49.1 Å². The lowest BCUT2D eigenvalue weighted by Gasteiger charge is -2.09. The first-order valence-corrected chi connectivity index (χ1v) is 8.48. The van der Waals surface area contributed by atoms with Crippen molar-refractivity contribution in [3.63, 3.8) is 0 Å². The van der Waals surface area contributed by atoms with E-state index in [-0.39, 0.29) is 11.8 Å². The van der Waals surface area contributed by atoms with Gasteiger partial charge in [0.05, 0.1) is 18.1 Å². The highest BCUT2D eigenvalue weighted by atomic mass is 79.9. The first-order chi connectivity index (χ1) is 8.58. The largest absolute Gasteiger partial charge is 0.351 e. The van der Waals surface area contributed by atoms with Gasteiger partial charge in [-0.05, 0) is 37.9 Å². The summed E-state index contributed by atoms with van der Waals surface area (Å²) < 4.78 is 1.78. The number of aromatic nitrogens is 1. The minimum Gasteiger partial charge on any atom is -0.351 e. The molecule has 0 bridgehead atoms. The quantitative estimate of drug-likeness (QED) is 0.819. The Kier molecular flexibility index (Phi) is 4.94. The van der Waals surface area contributed by atoms with Crippen LogP contribution in [-0.4, -0.2) is 17.4 Å². The van der Waals surface area contributed by atoms with Crippen LogP contribution in [0.4, 0.5) is 0 Å². The van der Waals surface area contributed by atoms with E-state index < -0.39 is 0 Å². The predicted molar refractivity (Wildman–Crippen MR) is 82.6 cm³/mol. The maximum Gasteiger partial charge on any atom is 0.253 e. The molecule has 0 aliphatic heterocycles. The average Bonchev–Trinajstić information content (AvgIpc) is 2.95. The molecule has 2 heterocycles. The lowest BCUT2D eigenvalue weighted by molar-refractivity contribution is 0.0951. The number of rotatable bonds is 4. The van der Waals surface area contributed by atoms with Crippen LogP contribution in [0.15, 0.2) is 25.2 Å². The molecule has 2 rings (SSSR count). The van der Waals surface area contributed by atoms with E-state index in [1.165, 1.54) is 11.3 Å². The van der Waals surface area contributed by atoms with Gasteiger partial charge in [0.25, 0.3) is 5.91 Å². The van der Waals surface area contributed by atoms with E-state index >= 15 is 0 Å². The molecule has 0 spiro atoms. The maximum atomic E-state index is 12.0. The summed E-state index contributed by atoms with van der Waals surface area (Å²) >= 11 is 9.84. The van der Waals surface area contributed by atoms with E-state index in [4.69, 9.17) is 0 Å². The van der Waals surface area contributed by atoms with Crippen molar-refractivity contribution in [1.82, 2.24) is 10.3 Å². The molecule has 0 radical (unpaired) electrons. The molecule has 0 aromatic carbocycles. The van der Waals surface area contributed by atoms with Gasteiger partial charge in [-0.15, -0.1) is 22.7 Å². The molecule has 0 saturated heterocycles. The van der Waals surface area contributed by atoms with Crippen LogP contribution in [0.3, 0.4) is 0 Å². The second-order valence-electron chi connectivity index (χ2n) is 3.72. The molecular formula is C11H10Br2N2OS2. The molecule has 1 amide bonds. The van der Waals surface area contributed by atoms with Gasteiger partial charge in [0, 0.05) is 24.0 Å². The van der Waals surface area contributed by atoms with Crippen molar-refractivity contribution in [2.75, 3.05) is 6.54 Å². The molecule has 1 N–H and O–H groups in total. The van der Waals surface area contributed by atoms with Crippen molar-refractivity contribution in [1.29, 1.82) is 0 Å². The molecule has 96 valence electrons. The number of nitrogens with one attached hydrogen (secondary N) is 1. The zero-order chi connectivity index (χ0) is 13.1. The topological polar surface area (TPSA) is 42.0 Å². The Balaban J connectivity index is 1.94. The second-order valence-corrected chi connectivity index (χ2v) is 8.39. The molecular weight excluding hydrogens is 400 g/mol. The van der Waals surface area contributed by atoms with Crippen LogP contribution >= 0.6 is 54.5 Å². The Labute approximate surface area is 130 Å². The summed E-state index contributed by atoms with van der Waals surface area (Å²) in [6.07, 6.45) is 1.78. The number of amides is 1. The summed E-state index contributed by atoms with van der Waals surface area (Å²) in [5.74, 6) is 0.169. The van der Waals surface area contributed by atoms with E-state index in [1.54, 1.807) is 17.5 Å². The first-order valence-electron chi connectivity index (χ1n) is 5.20. The number of carbonyl (C=O) groups excluding carboxylic acids is 1. The number of halogens is 2. The average molecular weight is 410 g/mol. The molecule has 1 unspecified atom stereocenters. The number of thiophene rings is 1. The highest BCUT2D eigenvalue weighted by molar-refractivity contribution is 9.12. The standard InChI is InChI=1S/C11H10Br2N2OS2/c1-6(11-14-2-3-17-11)5-15-10(16)7-4-8(12)18-9(7)13/h2-4,6H,5H2,1H3,(H,15,16). The van der Waals surface area contributed by atoms with Crippen LogP contribution in [0, 0.1) is 0 Å². The number of thiazole rings is 1. The summed E-state index contributed by atoms with van der Waals surface area (Å²) in [6, 6.07) is 1.82. The van der Waals surface area contributed by atoms with Gasteiger partial charge in [0.2, 0.25) is 0 Å². The molecule has 2 aromatic heterocycles. The highest BCUT2D eigenvalue weighted by Gasteiger charge is 2.15. The lowest BCUT2D eigenvalue weighted by atomic mass is 10.2. The van der Waals surface area contributed by atoms with Crippen LogP contribution < -0.4 is 5.32 Å². The van der Waals surface area contributed by atoms with Gasteiger partial charge in [-0.1, -0.05) is 6.92 Å². The molecule has 0 saturated carbocycles. The fraction of sp³-hybridized carbons (Fsp3) is 0.273. The molecule has 1 atom stereocenters. The third-order valence-electron chi connectivity index (χ3n) is 2.34. The van der Waals surface area contributed by atoms with E-state index in [0.29, 0.717) is 12.1 Å². The minimum atomic E-state index is -0.0627. The van der Waals surface area contributed by atoms with Crippen molar-refractivity contribution in [2.24, 2.45) is 0 Å². The van der Waals surface area contributed by atoms with Crippen LogP contribution in [0.2, 0.25) is 0 Å². The highest BCUT2D eigenvalue weighted by Crippen LogP contribution is 2.31. The maximum absolute atomic E-state index is 12.0. The van der Waals surface area contributed by atoms with Crippen LogP contribution in [0.1, 0.15) is 28.2 Å². The minimum absolute atomic E-state index is 0.0627. The van der Waals surface area contributed by atoms with E-state index in [9.17, 15) is 4.79 Å². The lowest BCUT2D eigenvalue weighted by Crippen LogP contribution is -2.27. The molecule has 3 nitrogen and oxygen atoms in total. The molecule has 2 aromatic rings. The third kappa shape index (κ3) is 3.40. The Morgan fingerprint density at radius 3 is 2.89 bits per heavy atom. The first kappa shape index (κ1) is 14.2. The molecule has 0 aliphatic rings. The van der Waals surface area contributed by atoms with Gasteiger partial charge < -0.3 is 5.32 Å². The Hall–Kier alpha value is -0.240. The summed E-state index contributed by atoms with van der Waals surface area (Å²) in [5, 5.41) is 5.91. The Bertz CT molecular complexity index is 539. The normalized spacial score (nSPS) is 12.4. The fourth-order valence-corrected chi connectivity index (χ4v) is 4.89. The molecule has 7 heteroatoms. The molecule has 18 heavy (non-hydrogen) atoms. The fourth-order valence-electron chi connectivity index (χ4n) is 1.40. The number of carbonyl (C=O) groups is 1. The zero-order valence-corrected chi connectivity index (χ0v) is 14.2. The summed E-state index contributed by atoms with van der Waals surface area (Å²) in [6.45, 7) is 2.64. The Morgan fingerprint density at radius 1 is 1.56 bits per heavy atom. The third-order valence-corrected chi connectivity index (χ3v) is 5.69. The SMILES string of the molecule is CC(CNC(=O)c1cc(Br)sc1Br)c1nccs1. The van der Waals surface area contributed by atoms with Crippen LogP contribution in [-0.2, 0) is 0 Å². The van der Waals surface area contributed by atoms with Crippen LogP contribution in [0.25, 0.3) is 0 Å². The van der Waals surface area contributed by atoms with Gasteiger partial charge in [-0.2, -0.15) is 0 Å². The van der Waals surface area contributed by atoms with Gasteiger partial charge in [-0.3, -0.25) is 4.79 Å².